The number of ether oxygens (including phenoxy) is 4. The van der Waals surface area contributed by atoms with E-state index in [0.29, 0.717) is 19.8 Å². The maximum atomic E-state index is 11.2. The van der Waals surface area contributed by atoms with Crippen LogP contribution in [-0.2, 0) is 23.8 Å². The van der Waals surface area contributed by atoms with Gasteiger partial charge in [0.25, 0.3) is 0 Å². The summed E-state index contributed by atoms with van der Waals surface area (Å²) < 4.78 is 24.3. The second-order valence-corrected chi connectivity index (χ2v) is 12.8. The zero-order valence-electron chi connectivity index (χ0n) is 29.0. The lowest BCUT2D eigenvalue weighted by molar-refractivity contribution is -0.307. The fourth-order valence-corrected chi connectivity index (χ4v) is 6.11. The minimum atomic E-state index is -0.821. The Hall–Kier alpha value is -0.280. The molecule has 0 bridgehead atoms. The SMILES string of the molecule is CCCCCCCCCCCCCCO[C@H]1[C@@H](OC)O[C@H](CNOC)[C@@H](O)[C@@H]1OCCCCCCCCCCCCCC. The third kappa shape index (κ3) is 21.2. The molecule has 0 aromatic rings. The highest BCUT2D eigenvalue weighted by molar-refractivity contribution is 4.92. The third-order valence-electron chi connectivity index (χ3n) is 8.90. The van der Waals surface area contributed by atoms with Gasteiger partial charge in [0, 0.05) is 20.3 Å². The number of hydrogen-bond acceptors (Lipinski definition) is 7. The van der Waals surface area contributed by atoms with Crippen LogP contribution < -0.4 is 5.48 Å². The summed E-state index contributed by atoms with van der Waals surface area (Å²) in [7, 11) is 3.19. The zero-order valence-corrected chi connectivity index (χ0v) is 29.0. The van der Waals surface area contributed by atoms with Crippen molar-refractivity contribution in [2.75, 3.05) is 34.0 Å². The second-order valence-electron chi connectivity index (χ2n) is 12.8. The molecule has 1 aliphatic rings. The van der Waals surface area contributed by atoms with E-state index in [0.717, 1.165) is 25.7 Å². The van der Waals surface area contributed by atoms with E-state index in [1.165, 1.54) is 128 Å². The molecule has 5 atom stereocenters. The average Bonchev–Trinajstić information content (AvgIpc) is 3.02. The van der Waals surface area contributed by atoms with Gasteiger partial charge >= 0.3 is 0 Å². The number of aliphatic hydroxyl groups is 1. The Morgan fingerprint density at radius 1 is 0.535 bits per heavy atom. The van der Waals surface area contributed by atoms with Crippen LogP contribution in [0.25, 0.3) is 0 Å². The molecule has 1 heterocycles. The van der Waals surface area contributed by atoms with Crippen molar-refractivity contribution in [3.63, 3.8) is 0 Å². The van der Waals surface area contributed by atoms with Crippen LogP contribution in [0.3, 0.4) is 0 Å². The Morgan fingerprint density at radius 2 is 0.907 bits per heavy atom. The van der Waals surface area contributed by atoms with Gasteiger partial charge in [-0.15, -0.1) is 0 Å². The summed E-state index contributed by atoms with van der Waals surface area (Å²) >= 11 is 0. The number of hydroxylamine groups is 1. The monoisotopic (exact) mass is 616 g/mol. The molecule has 7 nitrogen and oxygen atoms in total. The molecule has 258 valence electrons. The summed E-state index contributed by atoms with van der Waals surface area (Å²) in [5.74, 6) is 0. The van der Waals surface area contributed by atoms with E-state index in [2.05, 4.69) is 19.3 Å². The first-order chi connectivity index (χ1) is 21.2. The highest BCUT2D eigenvalue weighted by Gasteiger charge is 2.46. The standard InChI is InChI=1S/C36H73NO6/c1-5-7-9-11-13-15-17-19-21-23-25-27-29-41-34-33(38)32(31-37-40-4)43-36(39-3)35(34)42-30-28-26-24-22-20-18-16-14-12-10-8-6-2/h32-38H,5-31H2,1-4H3/t32-,33-,34+,35-,36+/m1/s1. The van der Waals surface area contributed by atoms with Crippen molar-refractivity contribution in [1.82, 2.24) is 5.48 Å². The molecule has 7 heteroatoms. The van der Waals surface area contributed by atoms with Crippen LogP contribution in [0.4, 0.5) is 0 Å². The molecular formula is C36H73NO6. The van der Waals surface area contributed by atoms with Crippen LogP contribution in [0.5, 0.6) is 0 Å². The smallest absolute Gasteiger partial charge is 0.186 e. The Morgan fingerprint density at radius 3 is 1.28 bits per heavy atom. The molecule has 43 heavy (non-hydrogen) atoms. The van der Waals surface area contributed by atoms with Crippen LogP contribution in [0.15, 0.2) is 0 Å². The number of rotatable bonds is 32. The van der Waals surface area contributed by atoms with E-state index >= 15 is 0 Å². The predicted octanol–water partition coefficient (Wildman–Crippen LogP) is 9.04. The van der Waals surface area contributed by atoms with Crippen LogP contribution in [-0.4, -0.2) is 69.8 Å². The minimum absolute atomic E-state index is 0.349. The molecule has 0 spiro atoms. The lowest BCUT2D eigenvalue weighted by Gasteiger charge is -2.43. The largest absolute Gasteiger partial charge is 0.388 e. The van der Waals surface area contributed by atoms with E-state index < -0.39 is 30.7 Å². The van der Waals surface area contributed by atoms with Crippen LogP contribution in [0.2, 0.25) is 0 Å². The van der Waals surface area contributed by atoms with E-state index in [1.54, 1.807) is 14.2 Å². The normalized spacial score (nSPS) is 22.4. The zero-order chi connectivity index (χ0) is 31.2. The minimum Gasteiger partial charge on any atom is -0.388 e. The van der Waals surface area contributed by atoms with Crippen molar-refractivity contribution in [3.05, 3.63) is 0 Å². The summed E-state index contributed by atoms with van der Waals surface area (Å²) in [6.45, 7) is 6.13. The second kappa shape index (κ2) is 30.4. The Bertz CT molecular complexity index is 568. The molecule has 1 rings (SSSR count). The molecule has 0 unspecified atom stereocenters. The lowest BCUT2D eigenvalue weighted by Crippen LogP contribution is -2.61. The van der Waals surface area contributed by atoms with Gasteiger partial charge in [-0.2, -0.15) is 0 Å². The molecule has 1 fully saturated rings. The summed E-state index contributed by atoms with van der Waals surface area (Å²) in [6, 6.07) is 0. The topological polar surface area (TPSA) is 78.4 Å². The summed E-state index contributed by atoms with van der Waals surface area (Å²) in [4.78, 5) is 5.01. The van der Waals surface area contributed by atoms with Crippen molar-refractivity contribution in [1.29, 1.82) is 0 Å². The van der Waals surface area contributed by atoms with Gasteiger partial charge < -0.3 is 28.9 Å². The van der Waals surface area contributed by atoms with Crippen LogP contribution >= 0.6 is 0 Å². The Labute approximate surface area is 266 Å². The van der Waals surface area contributed by atoms with Crippen molar-refractivity contribution < 1.29 is 28.9 Å². The molecule has 0 saturated carbocycles. The van der Waals surface area contributed by atoms with Crippen molar-refractivity contribution >= 4 is 0 Å². The first-order valence-corrected chi connectivity index (χ1v) is 18.5. The first kappa shape index (κ1) is 40.7. The maximum Gasteiger partial charge on any atom is 0.186 e. The predicted molar refractivity (Wildman–Crippen MR) is 178 cm³/mol. The van der Waals surface area contributed by atoms with Crippen LogP contribution in [0.1, 0.15) is 168 Å². The molecular weight excluding hydrogens is 542 g/mol. The van der Waals surface area contributed by atoms with Gasteiger partial charge in [-0.05, 0) is 12.8 Å². The molecule has 0 aromatic carbocycles. The number of unbranched alkanes of at least 4 members (excludes halogenated alkanes) is 22. The van der Waals surface area contributed by atoms with Crippen molar-refractivity contribution in [2.24, 2.45) is 0 Å². The van der Waals surface area contributed by atoms with Crippen LogP contribution in [0, 0.1) is 0 Å². The average molecular weight is 616 g/mol. The third-order valence-corrected chi connectivity index (χ3v) is 8.90. The van der Waals surface area contributed by atoms with Gasteiger partial charge in [0.2, 0.25) is 0 Å². The molecule has 0 aromatic heterocycles. The number of hydrogen-bond donors (Lipinski definition) is 2. The number of aliphatic hydroxyl groups excluding tert-OH is 1. The summed E-state index contributed by atoms with van der Waals surface area (Å²) in [5, 5.41) is 11.2. The summed E-state index contributed by atoms with van der Waals surface area (Å²) in [5.41, 5.74) is 2.80. The van der Waals surface area contributed by atoms with E-state index in [9.17, 15) is 5.11 Å². The number of methoxy groups -OCH3 is 1. The maximum absolute atomic E-state index is 11.2. The summed E-state index contributed by atoms with van der Waals surface area (Å²) in [6.07, 6.45) is 28.6. The quantitative estimate of drug-likeness (QED) is 0.0577. The molecule has 0 amide bonds. The van der Waals surface area contributed by atoms with Crippen molar-refractivity contribution in [2.45, 2.75) is 199 Å². The number of nitrogens with one attached hydrogen (secondary N) is 1. The first-order valence-electron chi connectivity index (χ1n) is 18.5. The van der Waals surface area contributed by atoms with E-state index in [4.69, 9.17) is 23.8 Å². The molecule has 2 N–H and O–H groups in total. The van der Waals surface area contributed by atoms with Gasteiger partial charge in [0.1, 0.15) is 24.4 Å². The fraction of sp³-hybridized carbons (Fsp3) is 1.00. The Balaban J connectivity index is 2.30. The van der Waals surface area contributed by atoms with Gasteiger partial charge in [0.15, 0.2) is 6.29 Å². The lowest BCUT2D eigenvalue weighted by atomic mass is 9.98. The van der Waals surface area contributed by atoms with Gasteiger partial charge in [-0.25, -0.2) is 5.48 Å². The fourth-order valence-electron chi connectivity index (χ4n) is 6.11. The highest BCUT2D eigenvalue weighted by atomic mass is 16.7. The van der Waals surface area contributed by atoms with E-state index in [1.807, 2.05) is 0 Å². The molecule has 1 aliphatic heterocycles. The molecule has 0 radical (unpaired) electrons. The van der Waals surface area contributed by atoms with E-state index in [-0.39, 0.29) is 0 Å². The van der Waals surface area contributed by atoms with Gasteiger partial charge in [-0.1, -0.05) is 155 Å². The molecule has 0 aliphatic carbocycles. The molecule has 1 saturated heterocycles. The van der Waals surface area contributed by atoms with Crippen molar-refractivity contribution in [3.8, 4) is 0 Å². The van der Waals surface area contributed by atoms with Gasteiger partial charge in [0.05, 0.1) is 13.7 Å². The highest BCUT2D eigenvalue weighted by Crippen LogP contribution is 2.27. The van der Waals surface area contributed by atoms with Gasteiger partial charge in [-0.3, -0.25) is 0 Å². The Kier molecular flexibility index (Phi) is 28.8.